The molecule has 1 unspecified atom stereocenters. The fraction of sp³-hybridized carbons (Fsp3) is 0.333. The number of hydrogen-bond donors (Lipinski definition) is 1. The highest BCUT2D eigenvalue weighted by molar-refractivity contribution is 9.10. The Hall–Kier alpha value is -0.850. The zero-order valence-corrected chi connectivity index (χ0v) is 12.5. The van der Waals surface area contributed by atoms with Crippen LogP contribution in [0.15, 0.2) is 22.7 Å². The molecular weight excluding hydrogens is 317 g/mol. The highest BCUT2D eigenvalue weighted by Crippen LogP contribution is 2.31. The van der Waals surface area contributed by atoms with Gasteiger partial charge in [-0.1, -0.05) is 24.3 Å². The van der Waals surface area contributed by atoms with E-state index < -0.39 is 0 Å². The third kappa shape index (κ3) is 2.76. The molecule has 1 heterocycles. The van der Waals surface area contributed by atoms with Crippen molar-refractivity contribution in [2.24, 2.45) is 0 Å². The number of rotatable bonds is 4. The van der Waals surface area contributed by atoms with E-state index in [4.69, 9.17) is 0 Å². The highest BCUT2D eigenvalue weighted by Gasteiger charge is 2.15. The molecule has 1 aromatic heterocycles. The van der Waals surface area contributed by atoms with E-state index in [-0.39, 0.29) is 11.9 Å². The molecule has 0 aliphatic rings. The van der Waals surface area contributed by atoms with Crippen molar-refractivity contribution in [2.75, 3.05) is 6.54 Å². The Bertz CT molecular complexity index is 544. The van der Waals surface area contributed by atoms with Crippen molar-refractivity contribution in [1.29, 1.82) is 0 Å². The minimum Gasteiger partial charge on any atom is -0.308 e. The van der Waals surface area contributed by atoms with Crippen LogP contribution in [0.3, 0.4) is 0 Å². The molecule has 0 aliphatic carbocycles. The van der Waals surface area contributed by atoms with Crippen LogP contribution in [0.5, 0.6) is 0 Å². The largest absolute Gasteiger partial charge is 0.308 e. The Morgan fingerprint density at radius 2 is 2.22 bits per heavy atom. The summed E-state index contributed by atoms with van der Waals surface area (Å²) in [5.41, 5.74) is 0.483. The van der Waals surface area contributed by atoms with E-state index in [2.05, 4.69) is 31.4 Å². The van der Waals surface area contributed by atoms with Crippen LogP contribution in [0.2, 0.25) is 0 Å². The van der Waals surface area contributed by atoms with E-state index >= 15 is 0 Å². The number of benzene rings is 1. The van der Waals surface area contributed by atoms with Crippen molar-refractivity contribution in [3.05, 3.63) is 33.5 Å². The first-order valence-corrected chi connectivity index (χ1v) is 7.25. The molecule has 1 N–H and O–H groups in total. The molecule has 3 nitrogen and oxygen atoms in total. The maximum atomic E-state index is 13.9. The first kappa shape index (κ1) is 13.6. The summed E-state index contributed by atoms with van der Waals surface area (Å²) in [5.74, 6) is -0.295. The molecule has 0 radical (unpaired) electrons. The third-order valence-corrected chi connectivity index (χ3v) is 4.26. The van der Waals surface area contributed by atoms with Gasteiger partial charge in [-0.15, -0.1) is 10.2 Å². The van der Waals surface area contributed by atoms with Gasteiger partial charge in [-0.05, 0) is 41.5 Å². The predicted molar refractivity (Wildman–Crippen MR) is 75.1 cm³/mol. The van der Waals surface area contributed by atoms with Crippen molar-refractivity contribution in [3.8, 4) is 10.6 Å². The quantitative estimate of drug-likeness (QED) is 0.927. The molecule has 1 atom stereocenters. The number of nitrogens with zero attached hydrogens (tertiary/aromatic N) is 2. The van der Waals surface area contributed by atoms with Crippen LogP contribution in [0, 0.1) is 5.82 Å². The second-order valence-corrected chi connectivity index (χ2v) is 5.69. The molecule has 96 valence electrons. The number of aromatic nitrogens is 2. The normalized spacial score (nSPS) is 12.7. The summed E-state index contributed by atoms with van der Waals surface area (Å²) in [7, 11) is 0. The lowest BCUT2D eigenvalue weighted by atomic mass is 10.2. The Morgan fingerprint density at radius 1 is 1.44 bits per heavy atom. The third-order valence-electron chi connectivity index (χ3n) is 2.50. The fourth-order valence-electron chi connectivity index (χ4n) is 1.58. The first-order valence-electron chi connectivity index (χ1n) is 5.64. The van der Waals surface area contributed by atoms with Crippen LogP contribution >= 0.6 is 27.3 Å². The second-order valence-electron chi connectivity index (χ2n) is 3.83. The zero-order chi connectivity index (χ0) is 13.1. The number of hydrogen-bond acceptors (Lipinski definition) is 4. The van der Waals surface area contributed by atoms with Crippen LogP contribution in [0.4, 0.5) is 4.39 Å². The summed E-state index contributed by atoms with van der Waals surface area (Å²) in [6.45, 7) is 4.92. The topological polar surface area (TPSA) is 37.8 Å². The molecule has 18 heavy (non-hydrogen) atoms. The summed E-state index contributed by atoms with van der Waals surface area (Å²) >= 11 is 4.58. The predicted octanol–water partition coefficient (Wildman–Crippen LogP) is 3.78. The molecular formula is C12H13BrFN3S. The summed E-state index contributed by atoms with van der Waals surface area (Å²) in [4.78, 5) is 0. The Balaban J connectivity index is 2.32. The molecule has 0 amide bonds. The average molecular weight is 330 g/mol. The van der Waals surface area contributed by atoms with Crippen molar-refractivity contribution in [2.45, 2.75) is 19.9 Å². The molecule has 0 bridgehead atoms. The van der Waals surface area contributed by atoms with Crippen LogP contribution in [0.1, 0.15) is 24.9 Å². The van der Waals surface area contributed by atoms with Gasteiger partial charge in [0.2, 0.25) is 0 Å². The summed E-state index contributed by atoms with van der Waals surface area (Å²) in [6.07, 6.45) is 0. The van der Waals surface area contributed by atoms with Gasteiger partial charge in [0, 0.05) is 5.56 Å². The Kier molecular flexibility index (Phi) is 4.42. The van der Waals surface area contributed by atoms with E-state index in [1.54, 1.807) is 18.2 Å². The first-order chi connectivity index (χ1) is 8.63. The summed E-state index contributed by atoms with van der Waals surface area (Å²) in [6, 6.07) is 5.30. The molecule has 0 saturated carbocycles. The van der Waals surface area contributed by atoms with Gasteiger partial charge in [-0.3, -0.25) is 0 Å². The minimum absolute atomic E-state index is 0.136. The molecule has 0 aliphatic heterocycles. The molecule has 0 fully saturated rings. The van der Waals surface area contributed by atoms with Gasteiger partial charge in [0.1, 0.15) is 10.8 Å². The van der Waals surface area contributed by atoms with Crippen molar-refractivity contribution < 1.29 is 4.39 Å². The zero-order valence-electron chi connectivity index (χ0n) is 10.1. The molecule has 2 rings (SSSR count). The second kappa shape index (κ2) is 5.86. The van der Waals surface area contributed by atoms with E-state index in [0.29, 0.717) is 15.0 Å². The van der Waals surface area contributed by atoms with Crippen LogP contribution in [-0.4, -0.2) is 16.7 Å². The monoisotopic (exact) mass is 329 g/mol. The maximum absolute atomic E-state index is 13.9. The molecule has 6 heteroatoms. The highest BCUT2D eigenvalue weighted by atomic mass is 79.9. The average Bonchev–Trinajstić information content (AvgIpc) is 2.82. The van der Waals surface area contributed by atoms with Crippen molar-refractivity contribution in [3.63, 3.8) is 0 Å². The van der Waals surface area contributed by atoms with Crippen molar-refractivity contribution in [1.82, 2.24) is 15.5 Å². The number of halogens is 2. The minimum atomic E-state index is -0.295. The SMILES string of the molecule is CCNC(C)c1nnc(-c2cccc(Br)c2F)s1. The molecule has 0 saturated heterocycles. The standard InChI is InChI=1S/C12H13BrFN3S/c1-3-15-7(2)11-16-17-12(18-11)8-5-4-6-9(13)10(8)14/h4-7,15H,3H2,1-2H3. The lowest BCUT2D eigenvalue weighted by Gasteiger charge is -2.06. The number of nitrogens with one attached hydrogen (secondary N) is 1. The summed E-state index contributed by atoms with van der Waals surface area (Å²) in [5, 5.41) is 12.9. The van der Waals surface area contributed by atoms with Gasteiger partial charge in [0.05, 0.1) is 10.5 Å². The van der Waals surface area contributed by atoms with Gasteiger partial charge in [-0.25, -0.2) is 4.39 Å². The molecule has 2 aromatic rings. The Labute approximate surface area is 118 Å². The molecule has 0 spiro atoms. The van der Waals surface area contributed by atoms with Crippen LogP contribution in [-0.2, 0) is 0 Å². The van der Waals surface area contributed by atoms with Crippen molar-refractivity contribution >= 4 is 27.3 Å². The van der Waals surface area contributed by atoms with Gasteiger partial charge >= 0.3 is 0 Å². The van der Waals surface area contributed by atoms with Crippen LogP contribution in [0.25, 0.3) is 10.6 Å². The van der Waals surface area contributed by atoms with E-state index in [1.807, 2.05) is 13.8 Å². The van der Waals surface area contributed by atoms with Gasteiger partial charge in [-0.2, -0.15) is 0 Å². The fourth-order valence-corrected chi connectivity index (χ4v) is 2.84. The van der Waals surface area contributed by atoms with E-state index in [1.165, 1.54) is 11.3 Å². The van der Waals surface area contributed by atoms with Crippen LogP contribution < -0.4 is 5.32 Å². The van der Waals surface area contributed by atoms with Gasteiger partial charge in [0.25, 0.3) is 0 Å². The Morgan fingerprint density at radius 3 is 2.94 bits per heavy atom. The lowest BCUT2D eigenvalue weighted by Crippen LogP contribution is -2.17. The van der Waals surface area contributed by atoms with Gasteiger partial charge in [0.15, 0.2) is 5.01 Å². The smallest absolute Gasteiger partial charge is 0.150 e. The van der Waals surface area contributed by atoms with Gasteiger partial charge < -0.3 is 5.32 Å². The lowest BCUT2D eigenvalue weighted by molar-refractivity contribution is 0.589. The van der Waals surface area contributed by atoms with E-state index in [9.17, 15) is 4.39 Å². The summed E-state index contributed by atoms with van der Waals surface area (Å²) < 4.78 is 14.4. The molecule has 1 aromatic carbocycles. The maximum Gasteiger partial charge on any atom is 0.150 e. The van der Waals surface area contributed by atoms with E-state index in [0.717, 1.165) is 11.6 Å².